The maximum Gasteiger partial charge on any atom is 0.305 e. The molecule has 1 aromatic heterocycles. The third-order valence-electron chi connectivity index (χ3n) is 3.28. The highest BCUT2D eigenvalue weighted by atomic mass is 79.9. The topological polar surface area (TPSA) is 75.6 Å². The number of rotatable bonds is 5. The quantitative estimate of drug-likeness (QED) is 0.858. The molecule has 19 heavy (non-hydrogen) atoms. The fourth-order valence-corrected chi connectivity index (χ4v) is 3.69. The second kappa shape index (κ2) is 5.50. The average molecular weight is 348 g/mol. The van der Waals surface area contributed by atoms with Crippen LogP contribution in [0.4, 0.5) is 0 Å². The fourth-order valence-electron chi connectivity index (χ4n) is 2.14. The monoisotopic (exact) mass is 347 g/mol. The SMILES string of the molecule is COc1cc(C(=O)NC2(CC(=O)O)CCC2)sc1Br. The lowest BCUT2D eigenvalue weighted by Gasteiger charge is -2.41. The number of thiophene rings is 1. The molecule has 1 aliphatic carbocycles. The minimum absolute atomic E-state index is 0.0254. The Morgan fingerprint density at radius 3 is 2.68 bits per heavy atom. The van der Waals surface area contributed by atoms with Gasteiger partial charge in [0.05, 0.1) is 23.9 Å². The molecule has 1 aliphatic rings. The van der Waals surface area contributed by atoms with E-state index in [0.717, 1.165) is 10.2 Å². The number of hydrogen-bond donors (Lipinski definition) is 2. The molecule has 104 valence electrons. The molecule has 0 aliphatic heterocycles. The van der Waals surface area contributed by atoms with Gasteiger partial charge < -0.3 is 15.2 Å². The zero-order chi connectivity index (χ0) is 14.0. The smallest absolute Gasteiger partial charge is 0.305 e. The summed E-state index contributed by atoms with van der Waals surface area (Å²) in [5.41, 5.74) is -0.577. The number of carboxylic acid groups (broad SMARTS) is 1. The summed E-state index contributed by atoms with van der Waals surface area (Å²) >= 11 is 4.59. The molecule has 2 rings (SSSR count). The summed E-state index contributed by atoms with van der Waals surface area (Å²) in [6.07, 6.45) is 2.36. The van der Waals surface area contributed by atoms with Gasteiger partial charge in [-0.2, -0.15) is 0 Å². The van der Waals surface area contributed by atoms with Crippen LogP contribution in [0.5, 0.6) is 5.75 Å². The van der Waals surface area contributed by atoms with E-state index in [1.54, 1.807) is 6.07 Å². The van der Waals surface area contributed by atoms with Crippen LogP contribution in [0, 0.1) is 0 Å². The number of hydrogen-bond acceptors (Lipinski definition) is 4. The fraction of sp³-hybridized carbons (Fsp3) is 0.500. The van der Waals surface area contributed by atoms with Gasteiger partial charge >= 0.3 is 5.97 Å². The van der Waals surface area contributed by atoms with E-state index in [1.807, 2.05) is 0 Å². The molecule has 0 atom stereocenters. The number of carbonyl (C=O) groups is 2. The van der Waals surface area contributed by atoms with Crippen LogP contribution in [-0.4, -0.2) is 29.6 Å². The highest BCUT2D eigenvalue weighted by molar-refractivity contribution is 9.11. The van der Waals surface area contributed by atoms with Crippen LogP contribution in [-0.2, 0) is 4.79 Å². The summed E-state index contributed by atoms with van der Waals surface area (Å²) in [5, 5.41) is 11.8. The van der Waals surface area contributed by atoms with Gasteiger partial charge in [-0.05, 0) is 35.2 Å². The van der Waals surface area contributed by atoms with Gasteiger partial charge in [-0.15, -0.1) is 11.3 Å². The number of carbonyl (C=O) groups excluding carboxylic acids is 1. The molecule has 7 heteroatoms. The Morgan fingerprint density at radius 2 is 2.26 bits per heavy atom. The van der Waals surface area contributed by atoms with Gasteiger partial charge in [0, 0.05) is 6.07 Å². The molecular weight excluding hydrogens is 334 g/mol. The Hall–Kier alpha value is -1.08. The predicted molar refractivity (Wildman–Crippen MR) is 74.9 cm³/mol. The minimum atomic E-state index is -0.884. The van der Waals surface area contributed by atoms with Gasteiger partial charge in [-0.1, -0.05) is 0 Å². The number of ether oxygens (including phenoxy) is 1. The average Bonchev–Trinajstić information content (AvgIpc) is 2.67. The molecule has 1 amide bonds. The lowest BCUT2D eigenvalue weighted by Crippen LogP contribution is -2.54. The number of methoxy groups -OCH3 is 1. The van der Waals surface area contributed by atoms with Crippen LogP contribution in [0.1, 0.15) is 35.4 Å². The van der Waals surface area contributed by atoms with Crippen molar-refractivity contribution in [1.29, 1.82) is 0 Å². The first kappa shape index (κ1) is 14.3. The van der Waals surface area contributed by atoms with Crippen LogP contribution in [0.15, 0.2) is 9.85 Å². The van der Waals surface area contributed by atoms with E-state index >= 15 is 0 Å². The Balaban J connectivity index is 2.09. The van der Waals surface area contributed by atoms with Crippen molar-refractivity contribution < 1.29 is 19.4 Å². The van der Waals surface area contributed by atoms with Crippen molar-refractivity contribution in [3.8, 4) is 5.75 Å². The van der Waals surface area contributed by atoms with Crippen molar-refractivity contribution in [3.05, 3.63) is 14.7 Å². The lowest BCUT2D eigenvalue weighted by molar-refractivity contribution is -0.139. The van der Waals surface area contributed by atoms with E-state index in [0.29, 0.717) is 23.5 Å². The van der Waals surface area contributed by atoms with Gasteiger partial charge in [0.2, 0.25) is 0 Å². The van der Waals surface area contributed by atoms with E-state index in [4.69, 9.17) is 9.84 Å². The van der Waals surface area contributed by atoms with Crippen molar-refractivity contribution in [2.45, 2.75) is 31.2 Å². The molecule has 0 bridgehead atoms. The van der Waals surface area contributed by atoms with Gasteiger partial charge in [-0.3, -0.25) is 9.59 Å². The number of aliphatic carboxylic acids is 1. The zero-order valence-corrected chi connectivity index (χ0v) is 12.8. The molecule has 1 aromatic rings. The summed E-state index contributed by atoms with van der Waals surface area (Å²) in [6.45, 7) is 0. The number of carboxylic acids is 1. The predicted octanol–water partition coefficient (Wildman–Crippen LogP) is 2.65. The molecule has 0 unspecified atom stereocenters. The normalized spacial score (nSPS) is 16.5. The van der Waals surface area contributed by atoms with E-state index in [2.05, 4.69) is 21.2 Å². The summed E-state index contributed by atoms with van der Waals surface area (Å²) in [4.78, 5) is 23.5. The zero-order valence-electron chi connectivity index (χ0n) is 10.4. The summed E-state index contributed by atoms with van der Waals surface area (Å²) < 4.78 is 5.85. The third kappa shape index (κ3) is 3.09. The van der Waals surface area contributed by atoms with Gasteiger partial charge in [0.1, 0.15) is 9.54 Å². The van der Waals surface area contributed by atoms with Crippen molar-refractivity contribution in [1.82, 2.24) is 5.32 Å². The first-order chi connectivity index (χ1) is 8.96. The van der Waals surface area contributed by atoms with E-state index in [9.17, 15) is 9.59 Å². The molecule has 1 saturated carbocycles. The highest BCUT2D eigenvalue weighted by Gasteiger charge is 2.40. The molecule has 0 saturated heterocycles. The molecular formula is C12H14BrNO4S. The van der Waals surface area contributed by atoms with Crippen molar-refractivity contribution in [2.75, 3.05) is 7.11 Å². The van der Waals surface area contributed by atoms with Crippen molar-refractivity contribution >= 4 is 39.1 Å². The van der Waals surface area contributed by atoms with Crippen LogP contribution in [0.25, 0.3) is 0 Å². The molecule has 2 N–H and O–H groups in total. The van der Waals surface area contributed by atoms with Gasteiger partial charge in [0.25, 0.3) is 5.91 Å². The molecule has 0 radical (unpaired) electrons. The summed E-state index contributed by atoms with van der Waals surface area (Å²) in [6, 6.07) is 1.65. The van der Waals surface area contributed by atoms with E-state index in [1.165, 1.54) is 18.4 Å². The first-order valence-electron chi connectivity index (χ1n) is 5.83. The Morgan fingerprint density at radius 1 is 1.58 bits per heavy atom. The molecule has 0 aromatic carbocycles. The first-order valence-corrected chi connectivity index (χ1v) is 7.44. The largest absolute Gasteiger partial charge is 0.495 e. The Kier molecular flexibility index (Phi) is 4.15. The van der Waals surface area contributed by atoms with E-state index < -0.39 is 11.5 Å². The molecule has 1 fully saturated rings. The minimum Gasteiger partial charge on any atom is -0.495 e. The number of halogens is 1. The van der Waals surface area contributed by atoms with Crippen LogP contribution >= 0.6 is 27.3 Å². The van der Waals surface area contributed by atoms with E-state index in [-0.39, 0.29) is 12.3 Å². The van der Waals surface area contributed by atoms with Crippen LogP contribution in [0.3, 0.4) is 0 Å². The Labute approximate surface area is 123 Å². The van der Waals surface area contributed by atoms with Gasteiger partial charge in [0.15, 0.2) is 0 Å². The molecule has 5 nitrogen and oxygen atoms in total. The standard InChI is InChI=1S/C12H14BrNO4S/c1-18-7-5-8(19-10(7)13)11(17)14-12(3-2-4-12)6-9(15)16/h5H,2-4,6H2,1H3,(H,14,17)(H,15,16). The summed E-state index contributed by atoms with van der Waals surface area (Å²) in [7, 11) is 1.53. The van der Waals surface area contributed by atoms with Crippen molar-refractivity contribution in [2.24, 2.45) is 0 Å². The second-order valence-corrected chi connectivity index (χ2v) is 6.98. The number of nitrogens with one attached hydrogen (secondary N) is 1. The van der Waals surface area contributed by atoms with Crippen molar-refractivity contribution in [3.63, 3.8) is 0 Å². The lowest BCUT2D eigenvalue weighted by atomic mass is 9.74. The van der Waals surface area contributed by atoms with Gasteiger partial charge in [-0.25, -0.2) is 0 Å². The highest BCUT2D eigenvalue weighted by Crippen LogP contribution is 2.37. The molecule has 1 heterocycles. The summed E-state index contributed by atoms with van der Waals surface area (Å²) in [5.74, 6) is -0.518. The third-order valence-corrected chi connectivity index (χ3v) is 5.06. The maximum atomic E-state index is 12.1. The Bertz CT molecular complexity index is 510. The molecule has 0 spiro atoms. The van der Waals surface area contributed by atoms with Crippen LogP contribution in [0.2, 0.25) is 0 Å². The second-order valence-electron chi connectivity index (χ2n) is 4.61. The number of amides is 1. The maximum absolute atomic E-state index is 12.1. The van der Waals surface area contributed by atoms with Crippen LogP contribution < -0.4 is 10.1 Å².